The molecule has 0 spiro atoms. The number of hydrogen-bond acceptors (Lipinski definition) is 3. The van der Waals surface area contributed by atoms with Crippen molar-refractivity contribution in [1.29, 1.82) is 0 Å². The Hall–Kier alpha value is 0.200. The number of thiophene rings is 1. The zero-order valence-electron chi connectivity index (χ0n) is 8.49. The van der Waals surface area contributed by atoms with Crippen LogP contribution in [0, 0.1) is 0 Å². The molecule has 0 aromatic carbocycles. The van der Waals surface area contributed by atoms with Crippen molar-refractivity contribution in [3.8, 4) is 0 Å². The maximum absolute atomic E-state index is 5.92. The monoisotopic (exact) mass is 266 g/mol. The summed E-state index contributed by atoms with van der Waals surface area (Å²) in [5, 5.41) is 0. The van der Waals surface area contributed by atoms with Crippen molar-refractivity contribution in [2.75, 3.05) is 13.1 Å². The Morgan fingerprint density at radius 3 is 2.93 bits per heavy atom. The molecule has 1 aromatic rings. The molecule has 1 saturated heterocycles. The number of halogens is 2. The maximum Gasteiger partial charge on any atom is 0.0931 e. The van der Waals surface area contributed by atoms with E-state index < -0.39 is 0 Å². The van der Waals surface area contributed by atoms with E-state index >= 15 is 0 Å². The van der Waals surface area contributed by atoms with Crippen LogP contribution < -0.4 is 5.73 Å². The number of likely N-dealkylation sites (tertiary alicyclic amines) is 1. The molecule has 1 aliphatic rings. The lowest BCUT2D eigenvalue weighted by molar-refractivity contribution is 0.203. The third-order valence-electron chi connectivity index (χ3n) is 2.55. The smallest absolute Gasteiger partial charge is 0.0931 e. The van der Waals surface area contributed by atoms with Gasteiger partial charge >= 0.3 is 0 Å². The van der Waals surface area contributed by atoms with Crippen molar-refractivity contribution in [2.45, 2.75) is 25.4 Å². The molecule has 1 aromatic heterocycles. The third-order valence-corrected chi connectivity index (χ3v) is 3.77. The summed E-state index contributed by atoms with van der Waals surface area (Å²) in [6.07, 6.45) is 2.39. The van der Waals surface area contributed by atoms with Gasteiger partial charge in [-0.1, -0.05) is 11.6 Å². The molecule has 1 atom stereocenters. The van der Waals surface area contributed by atoms with Crippen LogP contribution in [0.1, 0.15) is 17.7 Å². The predicted octanol–water partition coefficient (Wildman–Crippen LogP) is 2.75. The number of hydrogen-bond donors (Lipinski definition) is 1. The van der Waals surface area contributed by atoms with E-state index in [1.54, 1.807) is 11.3 Å². The van der Waals surface area contributed by atoms with E-state index in [2.05, 4.69) is 11.0 Å². The molecule has 2 rings (SSSR count). The molecular weight excluding hydrogens is 251 g/mol. The lowest BCUT2D eigenvalue weighted by atomic mass is 10.1. The van der Waals surface area contributed by atoms with Gasteiger partial charge in [0.25, 0.3) is 0 Å². The summed E-state index contributed by atoms with van der Waals surface area (Å²) in [5.41, 5.74) is 5.92. The molecule has 2 heterocycles. The van der Waals surface area contributed by atoms with Crippen LogP contribution in [0.3, 0.4) is 0 Å². The van der Waals surface area contributed by atoms with Crippen molar-refractivity contribution in [3.05, 3.63) is 21.3 Å². The molecule has 15 heavy (non-hydrogen) atoms. The molecule has 0 bridgehead atoms. The minimum Gasteiger partial charge on any atom is -0.327 e. The molecule has 5 heteroatoms. The van der Waals surface area contributed by atoms with Crippen molar-refractivity contribution in [3.63, 3.8) is 0 Å². The topological polar surface area (TPSA) is 29.3 Å². The average Bonchev–Trinajstić information content (AvgIpc) is 2.51. The van der Waals surface area contributed by atoms with Crippen LogP contribution in [0.2, 0.25) is 4.34 Å². The van der Waals surface area contributed by atoms with Crippen LogP contribution >= 0.6 is 35.3 Å². The van der Waals surface area contributed by atoms with Gasteiger partial charge in [0, 0.05) is 24.0 Å². The Bertz CT molecular complexity index is 303. The van der Waals surface area contributed by atoms with Gasteiger partial charge in [-0.05, 0) is 31.5 Å². The van der Waals surface area contributed by atoms with E-state index in [-0.39, 0.29) is 12.4 Å². The Kier molecular flexibility index (Phi) is 5.36. The van der Waals surface area contributed by atoms with Crippen LogP contribution in [0.25, 0.3) is 0 Å². The van der Waals surface area contributed by atoms with Crippen LogP contribution in [0.5, 0.6) is 0 Å². The van der Waals surface area contributed by atoms with E-state index in [4.69, 9.17) is 17.3 Å². The Labute approximate surface area is 106 Å². The number of piperidine rings is 1. The van der Waals surface area contributed by atoms with Gasteiger partial charge in [0.05, 0.1) is 4.34 Å². The number of rotatable bonds is 2. The summed E-state index contributed by atoms with van der Waals surface area (Å²) in [6.45, 7) is 3.20. The molecule has 0 radical (unpaired) electrons. The van der Waals surface area contributed by atoms with Crippen LogP contribution in [0.4, 0.5) is 0 Å². The van der Waals surface area contributed by atoms with Gasteiger partial charge in [-0.15, -0.1) is 23.7 Å². The molecule has 1 fully saturated rings. The normalized spacial score (nSPS) is 22.4. The summed E-state index contributed by atoms with van der Waals surface area (Å²) < 4.78 is 0.876. The predicted molar refractivity (Wildman–Crippen MR) is 69.1 cm³/mol. The fraction of sp³-hybridized carbons (Fsp3) is 0.600. The first-order valence-electron chi connectivity index (χ1n) is 4.96. The first-order valence-corrected chi connectivity index (χ1v) is 6.15. The standard InChI is InChI=1S/C10H15ClN2S.ClH/c11-10-4-3-9(14-10)7-13-5-1-2-8(12)6-13;/h3-4,8H,1-2,5-7,12H2;1H/t8-;/m1./s1. The first-order chi connectivity index (χ1) is 6.74. The number of nitrogens with zero attached hydrogens (tertiary/aromatic N) is 1. The zero-order valence-corrected chi connectivity index (χ0v) is 10.9. The van der Waals surface area contributed by atoms with E-state index in [0.29, 0.717) is 6.04 Å². The van der Waals surface area contributed by atoms with E-state index in [1.165, 1.54) is 24.3 Å². The SMILES string of the molecule is Cl.N[C@@H]1CCCN(Cc2ccc(Cl)s2)C1. The van der Waals surface area contributed by atoms with E-state index in [9.17, 15) is 0 Å². The molecule has 86 valence electrons. The highest BCUT2D eigenvalue weighted by molar-refractivity contribution is 7.16. The summed E-state index contributed by atoms with van der Waals surface area (Å²) in [6, 6.07) is 4.43. The summed E-state index contributed by atoms with van der Waals surface area (Å²) in [4.78, 5) is 3.75. The summed E-state index contributed by atoms with van der Waals surface area (Å²) >= 11 is 7.55. The molecule has 0 aliphatic carbocycles. The van der Waals surface area contributed by atoms with Gasteiger partial charge in [0.2, 0.25) is 0 Å². The minimum atomic E-state index is 0. The Balaban J connectivity index is 0.00000112. The summed E-state index contributed by atoms with van der Waals surface area (Å²) in [5.74, 6) is 0. The largest absolute Gasteiger partial charge is 0.327 e. The average molecular weight is 267 g/mol. The Morgan fingerprint density at radius 1 is 1.53 bits per heavy atom. The van der Waals surface area contributed by atoms with Crippen molar-refractivity contribution < 1.29 is 0 Å². The molecule has 0 saturated carbocycles. The molecule has 0 unspecified atom stereocenters. The third kappa shape index (κ3) is 3.93. The van der Waals surface area contributed by atoms with E-state index in [0.717, 1.165) is 17.4 Å². The minimum absolute atomic E-state index is 0. The lowest BCUT2D eigenvalue weighted by Crippen LogP contribution is -2.42. The zero-order chi connectivity index (χ0) is 9.97. The molecule has 1 aliphatic heterocycles. The summed E-state index contributed by atoms with van der Waals surface area (Å²) in [7, 11) is 0. The maximum atomic E-state index is 5.92. The van der Waals surface area contributed by atoms with Gasteiger partial charge in [0.1, 0.15) is 0 Å². The molecular formula is C10H16Cl2N2S. The highest BCUT2D eigenvalue weighted by Crippen LogP contribution is 2.23. The highest BCUT2D eigenvalue weighted by Gasteiger charge is 2.16. The quantitative estimate of drug-likeness (QED) is 0.892. The van der Waals surface area contributed by atoms with Crippen molar-refractivity contribution >= 4 is 35.3 Å². The fourth-order valence-corrected chi connectivity index (χ4v) is 3.02. The fourth-order valence-electron chi connectivity index (χ4n) is 1.89. The molecule has 2 nitrogen and oxygen atoms in total. The number of nitrogens with two attached hydrogens (primary N) is 1. The van der Waals surface area contributed by atoms with E-state index in [1.807, 2.05) is 6.07 Å². The van der Waals surface area contributed by atoms with Crippen molar-refractivity contribution in [2.24, 2.45) is 5.73 Å². The van der Waals surface area contributed by atoms with Gasteiger partial charge in [0.15, 0.2) is 0 Å². The van der Waals surface area contributed by atoms with Gasteiger partial charge < -0.3 is 5.73 Å². The second-order valence-corrected chi connectivity index (χ2v) is 5.64. The second-order valence-electron chi connectivity index (χ2n) is 3.84. The van der Waals surface area contributed by atoms with Gasteiger partial charge in [-0.2, -0.15) is 0 Å². The molecule has 2 N–H and O–H groups in total. The van der Waals surface area contributed by atoms with Crippen LogP contribution in [-0.2, 0) is 6.54 Å². The Morgan fingerprint density at radius 2 is 2.33 bits per heavy atom. The van der Waals surface area contributed by atoms with Gasteiger partial charge in [-0.3, -0.25) is 4.90 Å². The van der Waals surface area contributed by atoms with Crippen LogP contribution in [-0.4, -0.2) is 24.0 Å². The lowest BCUT2D eigenvalue weighted by Gasteiger charge is -2.30. The first kappa shape index (κ1) is 13.3. The van der Waals surface area contributed by atoms with Gasteiger partial charge in [-0.25, -0.2) is 0 Å². The highest BCUT2D eigenvalue weighted by atomic mass is 35.5. The van der Waals surface area contributed by atoms with Crippen LogP contribution in [0.15, 0.2) is 12.1 Å². The van der Waals surface area contributed by atoms with Crippen molar-refractivity contribution in [1.82, 2.24) is 4.90 Å². The molecule has 0 amide bonds. The second kappa shape index (κ2) is 6.06.